The predicted molar refractivity (Wildman–Crippen MR) is 82.6 cm³/mol. The van der Waals surface area contributed by atoms with Crippen molar-refractivity contribution in [3.05, 3.63) is 42.5 Å². The zero-order valence-electron chi connectivity index (χ0n) is 10.7. The summed E-state index contributed by atoms with van der Waals surface area (Å²) in [6.07, 6.45) is 1.20. The van der Waals surface area contributed by atoms with Crippen molar-refractivity contribution >= 4 is 37.1 Å². The molecule has 20 heavy (non-hydrogen) atoms. The van der Waals surface area contributed by atoms with Gasteiger partial charge < -0.3 is 5.73 Å². The van der Waals surface area contributed by atoms with Gasteiger partial charge in [-0.15, -0.1) is 11.3 Å². The quantitative estimate of drug-likeness (QED) is 0.739. The molecular weight excluding hydrogens is 292 g/mol. The van der Waals surface area contributed by atoms with E-state index in [0.717, 1.165) is 20.8 Å². The molecule has 0 saturated carbocycles. The first-order valence-electron chi connectivity index (χ1n) is 5.90. The summed E-state index contributed by atoms with van der Waals surface area (Å²) in [4.78, 5) is 4.82. The van der Waals surface area contributed by atoms with Crippen molar-refractivity contribution < 1.29 is 8.42 Å². The van der Waals surface area contributed by atoms with Gasteiger partial charge in [-0.1, -0.05) is 12.1 Å². The fourth-order valence-electron chi connectivity index (χ4n) is 1.92. The van der Waals surface area contributed by atoms with E-state index in [-0.39, 0.29) is 0 Å². The van der Waals surface area contributed by atoms with Gasteiger partial charge in [0, 0.05) is 17.5 Å². The molecule has 0 aliphatic carbocycles. The van der Waals surface area contributed by atoms with Crippen LogP contribution in [0.3, 0.4) is 0 Å². The molecule has 1 aromatic heterocycles. The van der Waals surface area contributed by atoms with Crippen LogP contribution < -0.4 is 5.73 Å². The third kappa shape index (κ3) is 2.39. The van der Waals surface area contributed by atoms with Gasteiger partial charge in [-0.2, -0.15) is 0 Å². The Morgan fingerprint density at radius 2 is 1.95 bits per heavy atom. The molecule has 0 fully saturated rings. The number of hydrogen-bond acceptors (Lipinski definition) is 5. The van der Waals surface area contributed by atoms with Crippen LogP contribution in [0.5, 0.6) is 0 Å². The Morgan fingerprint density at radius 3 is 2.70 bits per heavy atom. The number of benzene rings is 2. The van der Waals surface area contributed by atoms with E-state index in [1.54, 1.807) is 24.3 Å². The summed E-state index contributed by atoms with van der Waals surface area (Å²) in [6.45, 7) is 0. The minimum absolute atomic E-state index is 0.300. The van der Waals surface area contributed by atoms with Crippen molar-refractivity contribution in [3.63, 3.8) is 0 Å². The molecule has 102 valence electrons. The molecule has 3 rings (SSSR count). The van der Waals surface area contributed by atoms with Crippen molar-refractivity contribution in [2.45, 2.75) is 4.90 Å². The molecule has 0 radical (unpaired) electrons. The Labute approximate surface area is 120 Å². The van der Waals surface area contributed by atoms with Crippen LogP contribution in [0.4, 0.5) is 5.69 Å². The summed E-state index contributed by atoms with van der Waals surface area (Å²) in [5.74, 6) is 0. The van der Waals surface area contributed by atoms with Gasteiger partial charge in [-0.05, 0) is 30.3 Å². The third-order valence-electron chi connectivity index (χ3n) is 2.92. The summed E-state index contributed by atoms with van der Waals surface area (Å²) in [6, 6.07) is 12.4. The number of nitrogens with two attached hydrogens (primary N) is 1. The van der Waals surface area contributed by atoms with Gasteiger partial charge >= 0.3 is 0 Å². The molecule has 0 amide bonds. The number of anilines is 1. The molecule has 0 saturated heterocycles. The largest absolute Gasteiger partial charge is 0.399 e. The lowest BCUT2D eigenvalue weighted by molar-refractivity contribution is 0.602. The van der Waals surface area contributed by atoms with E-state index in [1.807, 2.05) is 18.2 Å². The number of thiazole rings is 1. The Balaban J connectivity index is 2.16. The molecule has 6 heteroatoms. The summed E-state index contributed by atoms with van der Waals surface area (Å²) in [5, 5.41) is 0.788. The van der Waals surface area contributed by atoms with Crippen LogP contribution in [0.25, 0.3) is 20.8 Å². The van der Waals surface area contributed by atoms with Gasteiger partial charge in [0.2, 0.25) is 0 Å². The van der Waals surface area contributed by atoms with Crippen LogP contribution >= 0.6 is 11.3 Å². The SMILES string of the molecule is CS(=O)(=O)c1cccc(-c2nc3ccc(N)cc3s2)c1. The maximum Gasteiger partial charge on any atom is 0.175 e. The molecule has 2 N–H and O–H groups in total. The highest BCUT2D eigenvalue weighted by Gasteiger charge is 2.11. The summed E-state index contributed by atoms with van der Waals surface area (Å²) < 4.78 is 24.2. The summed E-state index contributed by atoms with van der Waals surface area (Å²) >= 11 is 1.50. The second kappa shape index (κ2) is 4.57. The van der Waals surface area contributed by atoms with E-state index < -0.39 is 9.84 Å². The fraction of sp³-hybridized carbons (Fsp3) is 0.0714. The highest BCUT2D eigenvalue weighted by molar-refractivity contribution is 7.90. The molecule has 1 heterocycles. The number of nitrogen functional groups attached to an aromatic ring is 1. The number of hydrogen-bond donors (Lipinski definition) is 1. The summed E-state index contributed by atoms with van der Waals surface area (Å²) in [7, 11) is -3.21. The summed E-state index contributed by atoms with van der Waals surface area (Å²) in [5.41, 5.74) is 8.11. The second-order valence-electron chi connectivity index (χ2n) is 4.55. The van der Waals surface area contributed by atoms with Gasteiger partial charge in [0.05, 0.1) is 15.1 Å². The van der Waals surface area contributed by atoms with Crippen molar-refractivity contribution in [2.75, 3.05) is 12.0 Å². The molecule has 0 bridgehead atoms. The van der Waals surface area contributed by atoms with Gasteiger partial charge in [-0.3, -0.25) is 0 Å². The van der Waals surface area contributed by atoms with Crippen LogP contribution in [-0.2, 0) is 9.84 Å². The highest BCUT2D eigenvalue weighted by atomic mass is 32.2. The Kier molecular flexibility index (Phi) is 2.99. The number of nitrogens with zero attached hydrogens (tertiary/aromatic N) is 1. The average Bonchev–Trinajstić information content (AvgIpc) is 2.81. The molecule has 0 aliphatic rings. The third-order valence-corrected chi connectivity index (χ3v) is 5.10. The molecule has 0 spiro atoms. The minimum Gasteiger partial charge on any atom is -0.399 e. The van der Waals surface area contributed by atoms with Crippen molar-refractivity contribution in [3.8, 4) is 10.6 Å². The number of aromatic nitrogens is 1. The molecule has 2 aromatic carbocycles. The van der Waals surface area contributed by atoms with E-state index in [4.69, 9.17) is 5.73 Å². The van der Waals surface area contributed by atoms with Gasteiger partial charge in [-0.25, -0.2) is 13.4 Å². The van der Waals surface area contributed by atoms with Crippen LogP contribution in [-0.4, -0.2) is 19.7 Å². The zero-order chi connectivity index (χ0) is 14.3. The molecule has 0 atom stereocenters. The normalized spacial score (nSPS) is 11.8. The number of fused-ring (bicyclic) bond motifs is 1. The van der Waals surface area contributed by atoms with Crippen LogP contribution in [0.15, 0.2) is 47.4 Å². The van der Waals surface area contributed by atoms with Crippen LogP contribution in [0.2, 0.25) is 0 Å². The topological polar surface area (TPSA) is 73.0 Å². The van der Waals surface area contributed by atoms with Gasteiger partial charge in [0.15, 0.2) is 9.84 Å². The van der Waals surface area contributed by atoms with E-state index in [2.05, 4.69) is 4.98 Å². The first kappa shape index (κ1) is 13.1. The lowest BCUT2D eigenvalue weighted by atomic mass is 10.2. The zero-order valence-corrected chi connectivity index (χ0v) is 12.3. The molecule has 4 nitrogen and oxygen atoms in total. The van der Waals surface area contributed by atoms with Crippen molar-refractivity contribution in [2.24, 2.45) is 0 Å². The maximum absolute atomic E-state index is 11.6. The first-order valence-corrected chi connectivity index (χ1v) is 8.61. The van der Waals surface area contributed by atoms with Crippen LogP contribution in [0, 0.1) is 0 Å². The highest BCUT2D eigenvalue weighted by Crippen LogP contribution is 2.32. The van der Waals surface area contributed by atoms with Crippen LogP contribution in [0.1, 0.15) is 0 Å². The van der Waals surface area contributed by atoms with E-state index >= 15 is 0 Å². The fourth-order valence-corrected chi connectivity index (χ4v) is 3.60. The number of sulfone groups is 1. The molecule has 3 aromatic rings. The molecular formula is C14H12N2O2S2. The van der Waals surface area contributed by atoms with Gasteiger partial charge in [0.25, 0.3) is 0 Å². The second-order valence-corrected chi connectivity index (χ2v) is 7.59. The first-order chi connectivity index (χ1) is 9.43. The average molecular weight is 304 g/mol. The van der Waals surface area contributed by atoms with E-state index in [9.17, 15) is 8.42 Å². The maximum atomic E-state index is 11.6. The van der Waals surface area contributed by atoms with Crippen molar-refractivity contribution in [1.82, 2.24) is 4.98 Å². The van der Waals surface area contributed by atoms with Crippen molar-refractivity contribution in [1.29, 1.82) is 0 Å². The van der Waals surface area contributed by atoms with E-state index in [0.29, 0.717) is 10.6 Å². The molecule has 0 unspecified atom stereocenters. The molecule has 0 aliphatic heterocycles. The lowest BCUT2D eigenvalue weighted by Gasteiger charge is -2.00. The monoisotopic (exact) mass is 304 g/mol. The predicted octanol–water partition coefficient (Wildman–Crippen LogP) is 2.95. The number of rotatable bonds is 2. The van der Waals surface area contributed by atoms with Gasteiger partial charge in [0.1, 0.15) is 5.01 Å². The smallest absolute Gasteiger partial charge is 0.175 e. The Bertz CT molecular complexity index is 898. The Morgan fingerprint density at radius 1 is 1.15 bits per heavy atom. The minimum atomic E-state index is -3.21. The van der Waals surface area contributed by atoms with E-state index in [1.165, 1.54) is 17.6 Å². The lowest BCUT2D eigenvalue weighted by Crippen LogP contribution is -1.96. The standard InChI is InChI=1S/C14H12N2O2S2/c1-20(17,18)11-4-2-3-9(7-11)14-16-12-6-5-10(15)8-13(12)19-14/h2-8H,15H2,1H3. The Hall–Kier alpha value is -1.92.